The van der Waals surface area contributed by atoms with E-state index in [0.29, 0.717) is 6.26 Å². The van der Waals surface area contributed by atoms with Gasteiger partial charge in [-0.25, -0.2) is 9.59 Å². The van der Waals surface area contributed by atoms with Crippen LogP contribution in [0.1, 0.15) is 0 Å². The van der Waals surface area contributed by atoms with E-state index in [1.165, 1.54) is 0 Å². The molecule has 2 unspecified atom stereocenters. The average Bonchev–Trinajstić information content (AvgIpc) is 1.98. The van der Waals surface area contributed by atoms with E-state index >= 15 is 0 Å². The van der Waals surface area contributed by atoms with Gasteiger partial charge in [0.25, 0.3) is 0 Å². The Kier molecular flexibility index (Phi) is 3.98. The summed E-state index contributed by atoms with van der Waals surface area (Å²) < 4.78 is 24.3. The minimum atomic E-state index is -4.14. The number of aliphatic hydroxyl groups excluding tert-OH is 2. The van der Waals surface area contributed by atoms with Crippen molar-refractivity contribution in [2.24, 2.45) is 0 Å². The van der Waals surface area contributed by atoms with Gasteiger partial charge >= 0.3 is 22.1 Å². The Bertz CT molecular complexity index is 330. The highest BCUT2D eigenvalue weighted by Crippen LogP contribution is 1.99. The molecule has 2 atom stereocenters. The maximum atomic E-state index is 10.6. The molecule has 0 fully saturated rings. The van der Waals surface area contributed by atoms with Crippen LogP contribution in [0.4, 0.5) is 0 Å². The number of carbonyl (C=O) groups is 2. The molecule has 0 aromatic carbocycles. The van der Waals surface area contributed by atoms with E-state index in [1.54, 1.807) is 0 Å². The van der Waals surface area contributed by atoms with Crippen molar-refractivity contribution in [3.8, 4) is 0 Å². The van der Waals surface area contributed by atoms with Crippen molar-refractivity contribution in [2.75, 3.05) is 6.26 Å². The fourth-order valence-electron chi connectivity index (χ4n) is 0.462. The van der Waals surface area contributed by atoms with Crippen molar-refractivity contribution in [3.05, 3.63) is 0 Å². The van der Waals surface area contributed by atoms with Crippen LogP contribution in [0.5, 0.6) is 0 Å². The lowest BCUT2D eigenvalue weighted by molar-refractivity contribution is -0.163. The van der Waals surface area contributed by atoms with Gasteiger partial charge in [0.15, 0.2) is 12.2 Å². The van der Waals surface area contributed by atoms with E-state index < -0.39 is 34.3 Å². The van der Waals surface area contributed by atoms with Gasteiger partial charge in [0.05, 0.1) is 6.26 Å². The molecular weight excluding hydrogens is 220 g/mol. The topological polar surface area (TPSA) is 138 Å². The van der Waals surface area contributed by atoms with E-state index in [9.17, 15) is 18.0 Å². The van der Waals surface area contributed by atoms with Crippen molar-refractivity contribution in [3.63, 3.8) is 0 Å². The summed E-state index contributed by atoms with van der Waals surface area (Å²) in [5.41, 5.74) is 0. The van der Waals surface area contributed by atoms with Gasteiger partial charge in [-0.1, -0.05) is 0 Å². The summed E-state index contributed by atoms with van der Waals surface area (Å²) in [6.07, 6.45) is -4.34. The number of carbonyl (C=O) groups excluding carboxylic acids is 1. The number of aliphatic hydroxyl groups is 2. The van der Waals surface area contributed by atoms with E-state index in [4.69, 9.17) is 15.3 Å². The first-order valence-corrected chi connectivity index (χ1v) is 4.99. The number of carboxylic acid groups (broad SMARTS) is 1. The third-order valence-corrected chi connectivity index (χ3v) is 1.49. The second kappa shape index (κ2) is 4.35. The third kappa shape index (κ3) is 4.16. The lowest BCUT2D eigenvalue weighted by Crippen LogP contribution is -2.41. The zero-order valence-electron chi connectivity index (χ0n) is 6.95. The Morgan fingerprint density at radius 1 is 1.21 bits per heavy atom. The molecule has 14 heavy (non-hydrogen) atoms. The van der Waals surface area contributed by atoms with Crippen LogP contribution >= 0.6 is 0 Å². The van der Waals surface area contributed by atoms with Gasteiger partial charge in [0.1, 0.15) is 0 Å². The molecule has 9 heteroatoms. The Morgan fingerprint density at radius 2 is 1.64 bits per heavy atom. The van der Waals surface area contributed by atoms with Crippen LogP contribution in [-0.4, -0.2) is 54.1 Å². The predicted octanol–water partition coefficient (Wildman–Crippen LogP) is -2.70. The summed E-state index contributed by atoms with van der Waals surface area (Å²) >= 11 is 0. The zero-order valence-corrected chi connectivity index (χ0v) is 7.76. The maximum absolute atomic E-state index is 10.6. The van der Waals surface area contributed by atoms with Crippen molar-refractivity contribution in [1.82, 2.24) is 0 Å². The molecule has 82 valence electrons. The molecule has 0 amide bonds. The third-order valence-electron chi connectivity index (χ3n) is 1.03. The fraction of sp³-hybridized carbons (Fsp3) is 0.600. The second-order valence-corrected chi connectivity index (χ2v) is 3.91. The van der Waals surface area contributed by atoms with Gasteiger partial charge in [-0.3, -0.25) is 0 Å². The van der Waals surface area contributed by atoms with E-state index in [1.807, 2.05) is 0 Å². The van der Waals surface area contributed by atoms with Crippen LogP contribution in [-0.2, 0) is 23.9 Å². The summed E-state index contributed by atoms with van der Waals surface area (Å²) in [7, 11) is -4.14. The molecule has 0 radical (unpaired) electrons. The van der Waals surface area contributed by atoms with Gasteiger partial charge in [-0.05, 0) is 0 Å². The molecular formula is C5H8O8S. The molecule has 0 aliphatic rings. The normalized spacial score (nSPS) is 15.6. The summed E-state index contributed by atoms with van der Waals surface area (Å²) in [6, 6.07) is 0. The minimum absolute atomic E-state index is 0.533. The quantitative estimate of drug-likeness (QED) is 0.441. The molecule has 0 bridgehead atoms. The van der Waals surface area contributed by atoms with Crippen molar-refractivity contribution >= 4 is 22.1 Å². The summed E-state index contributed by atoms with van der Waals surface area (Å²) in [5.74, 6) is -3.62. The van der Waals surface area contributed by atoms with Crippen LogP contribution < -0.4 is 0 Å². The van der Waals surface area contributed by atoms with E-state index in [0.717, 1.165) is 0 Å². The van der Waals surface area contributed by atoms with E-state index in [2.05, 4.69) is 4.18 Å². The van der Waals surface area contributed by atoms with Gasteiger partial charge < -0.3 is 19.5 Å². The van der Waals surface area contributed by atoms with Crippen LogP contribution in [0.3, 0.4) is 0 Å². The molecule has 0 rings (SSSR count). The maximum Gasteiger partial charge on any atom is 0.353 e. The fourth-order valence-corrected chi connectivity index (χ4v) is 0.859. The lowest BCUT2D eigenvalue weighted by atomic mass is 10.2. The standard InChI is InChI=1S/C5H8O8S/c1-14(11,12)13-5(10)3(7)2(6)4(8)9/h2-3,6-7H,1H3,(H,8,9). The number of hydrogen-bond donors (Lipinski definition) is 3. The first kappa shape index (κ1) is 12.8. The van der Waals surface area contributed by atoms with Crippen LogP contribution in [0.2, 0.25) is 0 Å². The number of carboxylic acids is 1. The molecule has 8 nitrogen and oxygen atoms in total. The molecule has 3 N–H and O–H groups in total. The van der Waals surface area contributed by atoms with Crippen molar-refractivity contribution in [2.45, 2.75) is 12.2 Å². The molecule has 0 saturated heterocycles. The molecule has 0 heterocycles. The van der Waals surface area contributed by atoms with Gasteiger partial charge in [-0.2, -0.15) is 8.42 Å². The highest BCUT2D eigenvalue weighted by molar-refractivity contribution is 7.86. The summed E-state index contributed by atoms with van der Waals surface area (Å²) in [4.78, 5) is 20.7. The van der Waals surface area contributed by atoms with Crippen LogP contribution in [0.25, 0.3) is 0 Å². The molecule has 0 aliphatic carbocycles. The van der Waals surface area contributed by atoms with Crippen LogP contribution in [0.15, 0.2) is 0 Å². The lowest BCUT2D eigenvalue weighted by Gasteiger charge is -2.11. The predicted molar refractivity (Wildman–Crippen MR) is 40.6 cm³/mol. The highest BCUT2D eigenvalue weighted by atomic mass is 32.2. The van der Waals surface area contributed by atoms with Gasteiger partial charge in [0.2, 0.25) is 0 Å². The number of aliphatic carboxylic acids is 1. The molecule has 0 aromatic heterocycles. The molecule has 0 aromatic rings. The number of hydrogen-bond acceptors (Lipinski definition) is 7. The SMILES string of the molecule is CS(=O)(=O)OC(=O)C(O)C(O)C(=O)O. The Balaban J connectivity index is 4.49. The monoisotopic (exact) mass is 228 g/mol. The van der Waals surface area contributed by atoms with Gasteiger partial charge in [-0.15, -0.1) is 0 Å². The van der Waals surface area contributed by atoms with Crippen molar-refractivity contribution in [1.29, 1.82) is 0 Å². The van der Waals surface area contributed by atoms with E-state index in [-0.39, 0.29) is 0 Å². The molecule has 0 saturated carbocycles. The Labute approximate surface area is 78.9 Å². The second-order valence-electron chi connectivity index (χ2n) is 2.33. The first-order chi connectivity index (χ1) is 6.15. The Hall–Kier alpha value is -1.19. The largest absolute Gasteiger partial charge is 0.479 e. The van der Waals surface area contributed by atoms with Crippen molar-refractivity contribution < 1.29 is 37.5 Å². The first-order valence-electron chi connectivity index (χ1n) is 3.17. The molecule has 0 aliphatic heterocycles. The molecule has 0 spiro atoms. The average molecular weight is 228 g/mol. The Morgan fingerprint density at radius 3 is 1.93 bits per heavy atom. The smallest absolute Gasteiger partial charge is 0.353 e. The minimum Gasteiger partial charge on any atom is -0.479 e. The highest BCUT2D eigenvalue weighted by Gasteiger charge is 2.33. The van der Waals surface area contributed by atoms with Crippen LogP contribution in [0, 0.1) is 0 Å². The zero-order chi connectivity index (χ0) is 11.5. The summed E-state index contributed by atoms with van der Waals surface area (Å²) in [6.45, 7) is 0. The summed E-state index contributed by atoms with van der Waals surface area (Å²) in [5, 5.41) is 25.5. The number of rotatable bonds is 4. The van der Waals surface area contributed by atoms with Gasteiger partial charge in [0, 0.05) is 0 Å².